The van der Waals surface area contributed by atoms with Crippen molar-refractivity contribution in [3.05, 3.63) is 71.4 Å². The molecule has 0 fully saturated rings. The van der Waals surface area contributed by atoms with Crippen LogP contribution in [0.4, 0.5) is 0 Å². The van der Waals surface area contributed by atoms with Crippen molar-refractivity contribution in [2.75, 3.05) is 19.6 Å². The summed E-state index contributed by atoms with van der Waals surface area (Å²) >= 11 is 0. The third-order valence-electron chi connectivity index (χ3n) is 5.31. The molecule has 0 aliphatic carbocycles. The Bertz CT molecular complexity index is 929. The zero-order valence-electron chi connectivity index (χ0n) is 16.5. The maximum absolute atomic E-state index is 13.4. The summed E-state index contributed by atoms with van der Waals surface area (Å²) in [5, 5.41) is 0. The molecule has 27 heavy (non-hydrogen) atoms. The molecule has 0 radical (unpaired) electrons. The lowest BCUT2D eigenvalue weighted by atomic mass is 9.93. The monoisotopic (exact) mass is 384 g/mol. The normalized spacial score (nSPS) is 17.0. The van der Waals surface area contributed by atoms with Gasteiger partial charge >= 0.3 is 0 Å². The molecule has 0 N–H and O–H groups in total. The van der Waals surface area contributed by atoms with Crippen molar-refractivity contribution in [1.29, 1.82) is 0 Å². The minimum absolute atomic E-state index is 0.243. The highest BCUT2D eigenvalue weighted by atomic mass is 32.2. The predicted molar refractivity (Wildman–Crippen MR) is 111 cm³/mol. The number of hydrogen-bond donors (Lipinski definition) is 0. The van der Waals surface area contributed by atoms with Crippen molar-refractivity contribution in [1.82, 2.24) is 9.21 Å². The molecule has 5 heteroatoms. The zero-order valence-corrected chi connectivity index (χ0v) is 17.3. The lowest BCUT2D eigenvalue weighted by molar-refractivity contribution is 0.338. The van der Waals surface area contributed by atoms with Gasteiger partial charge in [0.15, 0.2) is 0 Å². The number of sulfonamides is 1. The Morgan fingerprint density at radius 1 is 1.00 bits per heavy atom. The molecule has 0 spiro atoms. The minimum Gasteiger partial charge on any atom is -0.300 e. The molecular weight excluding hydrogens is 356 g/mol. The minimum atomic E-state index is -3.61. The quantitative estimate of drug-likeness (QED) is 0.739. The summed E-state index contributed by atoms with van der Waals surface area (Å²) in [5.41, 5.74) is 4.29. The van der Waals surface area contributed by atoms with Crippen molar-refractivity contribution in [2.24, 2.45) is 0 Å². The van der Waals surface area contributed by atoms with Gasteiger partial charge < -0.3 is 0 Å². The number of hydrogen-bond acceptors (Lipinski definition) is 3. The molecule has 0 saturated carbocycles. The number of benzene rings is 2. The third-order valence-corrected chi connectivity index (χ3v) is 7.15. The van der Waals surface area contributed by atoms with Gasteiger partial charge in [0.05, 0.1) is 10.9 Å². The summed E-state index contributed by atoms with van der Waals surface area (Å²) in [4.78, 5) is 2.63. The van der Waals surface area contributed by atoms with E-state index in [0.717, 1.165) is 41.9 Å². The number of likely N-dealkylation sites (N-methyl/N-ethyl adjacent to an activating group) is 1. The molecule has 3 rings (SSSR count). The maximum atomic E-state index is 13.4. The van der Waals surface area contributed by atoms with Crippen LogP contribution < -0.4 is 0 Å². The topological polar surface area (TPSA) is 40.6 Å². The van der Waals surface area contributed by atoms with Crippen molar-refractivity contribution in [3.63, 3.8) is 0 Å². The predicted octanol–water partition coefficient (Wildman–Crippen LogP) is 4.44. The molecule has 1 heterocycles. The van der Waals surface area contributed by atoms with Crippen LogP contribution in [0.1, 0.15) is 43.5 Å². The summed E-state index contributed by atoms with van der Waals surface area (Å²) in [6.45, 7) is 10.8. The molecule has 1 aliphatic heterocycles. The van der Waals surface area contributed by atoms with E-state index in [-0.39, 0.29) is 6.04 Å². The first-order chi connectivity index (χ1) is 12.9. The highest BCUT2D eigenvalue weighted by Crippen LogP contribution is 2.38. The Labute approximate surface area is 163 Å². The average Bonchev–Trinajstić information content (AvgIpc) is 2.68. The SMILES string of the molecule is CCN(CC)CC1=CN(S(=O)(=O)c2ccc(C)cc2)C(C)c2ccccc21. The van der Waals surface area contributed by atoms with E-state index in [9.17, 15) is 8.42 Å². The second-order valence-electron chi connectivity index (χ2n) is 7.03. The molecule has 2 aromatic carbocycles. The van der Waals surface area contributed by atoms with Gasteiger partial charge in [0.25, 0.3) is 10.0 Å². The molecule has 0 aromatic heterocycles. The molecule has 0 bridgehead atoms. The first kappa shape index (κ1) is 19.6. The van der Waals surface area contributed by atoms with Gasteiger partial charge in [0.1, 0.15) is 0 Å². The number of nitrogens with zero attached hydrogens (tertiary/aromatic N) is 2. The number of aryl methyl sites for hydroxylation is 1. The lowest BCUT2D eigenvalue weighted by Gasteiger charge is -2.35. The summed E-state index contributed by atoms with van der Waals surface area (Å²) in [6.07, 6.45) is 1.83. The van der Waals surface area contributed by atoms with E-state index < -0.39 is 10.0 Å². The molecule has 4 nitrogen and oxygen atoms in total. The average molecular weight is 385 g/mol. The van der Waals surface area contributed by atoms with E-state index in [1.54, 1.807) is 12.1 Å². The van der Waals surface area contributed by atoms with Gasteiger partial charge in [-0.15, -0.1) is 0 Å². The standard InChI is InChI=1S/C22H28N2O2S/c1-5-23(6-2)15-19-16-24(18(4)21-9-7-8-10-22(19)21)27(25,26)20-13-11-17(3)12-14-20/h7-14,16,18H,5-6,15H2,1-4H3. The van der Waals surface area contributed by atoms with E-state index >= 15 is 0 Å². The second-order valence-corrected chi connectivity index (χ2v) is 8.87. The Kier molecular flexibility index (Phi) is 5.72. The fourth-order valence-electron chi connectivity index (χ4n) is 3.55. The van der Waals surface area contributed by atoms with E-state index in [2.05, 4.69) is 24.8 Å². The maximum Gasteiger partial charge on any atom is 0.264 e. The Morgan fingerprint density at radius 3 is 2.26 bits per heavy atom. The summed E-state index contributed by atoms with van der Waals surface area (Å²) in [7, 11) is -3.61. The molecule has 0 saturated heterocycles. The van der Waals surface area contributed by atoms with Gasteiger partial charge in [0, 0.05) is 12.7 Å². The van der Waals surface area contributed by atoms with Gasteiger partial charge in [-0.05, 0) is 55.8 Å². The molecular formula is C22H28N2O2S. The van der Waals surface area contributed by atoms with E-state index in [4.69, 9.17) is 0 Å². The molecule has 2 aromatic rings. The van der Waals surface area contributed by atoms with Crippen molar-refractivity contribution in [2.45, 2.75) is 38.6 Å². The lowest BCUT2D eigenvalue weighted by Crippen LogP contribution is -2.34. The van der Waals surface area contributed by atoms with Crippen LogP contribution >= 0.6 is 0 Å². The summed E-state index contributed by atoms with van der Waals surface area (Å²) < 4.78 is 28.2. The molecule has 1 atom stereocenters. The van der Waals surface area contributed by atoms with Crippen LogP contribution in [0, 0.1) is 6.92 Å². The van der Waals surface area contributed by atoms with Crippen LogP contribution in [0.2, 0.25) is 0 Å². The van der Waals surface area contributed by atoms with Crippen molar-refractivity contribution < 1.29 is 8.42 Å². The smallest absolute Gasteiger partial charge is 0.264 e. The van der Waals surface area contributed by atoms with Gasteiger partial charge in [-0.3, -0.25) is 9.21 Å². The van der Waals surface area contributed by atoms with Crippen LogP contribution in [0.5, 0.6) is 0 Å². The van der Waals surface area contributed by atoms with Gasteiger partial charge in [-0.1, -0.05) is 55.8 Å². The van der Waals surface area contributed by atoms with Gasteiger partial charge in [0.2, 0.25) is 0 Å². The Balaban J connectivity index is 2.08. The second kappa shape index (κ2) is 7.87. The zero-order chi connectivity index (χ0) is 19.6. The Morgan fingerprint density at radius 2 is 1.63 bits per heavy atom. The third kappa shape index (κ3) is 3.80. The van der Waals surface area contributed by atoms with E-state index in [0.29, 0.717) is 4.90 Å². The molecule has 0 amide bonds. The highest BCUT2D eigenvalue weighted by molar-refractivity contribution is 7.89. The number of rotatable bonds is 6. The van der Waals surface area contributed by atoms with Gasteiger partial charge in [-0.25, -0.2) is 8.42 Å². The van der Waals surface area contributed by atoms with Crippen molar-refractivity contribution >= 4 is 15.6 Å². The first-order valence-corrected chi connectivity index (χ1v) is 10.9. The molecule has 1 unspecified atom stereocenters. The fraction of sp³-hybridized carbons (Fsp3) is 0.364. The van der Waals surface area contributed by atoms with E-state index in [1.807, 2.05) is 50.4 Å². The van der Waals surface area contributed by atoms with Crippen molar-refractivity contribution in [3.8, 4) is 0 Å². The van der Waals surface area contributed by atoms with Crippen LogP contribution in [0.25, 0.3) is 5.57 Å². The first-order valence-electron chi connectivity index (χ1n) is 9.51. The summed E-state index contributed by atoms with van der Waals surface area (Å²) in [5.74, 6) is 0. The van der Waals surface area contributed by atoms with Crippen LogP contribution in [-0.2, 0) is 10.0 Å². The van der Waals surface area contributed by atoms with Crippen LogP contribution in [0.15, 0.2) is 59.6 Å². The van der Waals surface area contributed by atoms with E-state index in [1.165, 1.54) is 4.31 Å². The van der Waals surface area contributed by atoms with Gasteiger partial charge in [-0.2, -0.15) is 0 Å². The molecule has 1 aliphatic rings. The largest absolute Gasteiger partial charge is 0.300 e. The van der Waals surface area contributed by atoms with Crippen LogP contribution in [-0.4, -0.2) is 37.3 Å². The molecule has 144 valence electrons. The van der Waals surface area contributed by atoms with Crippen LogP contribution in [0.3, 0.4) is 0 Å². The highest BCUT2D eigenvalue weighted by Gasteiger charge is 2.32. The summed E-state index contributed by atoms with van der Waals surface area (Å²) in [6, 6.07) is 15.0. The fourth-order valence-corrected chi connectivity index (χ4v) is 5.07. The Hall–Kier alpha value is -2.11. The number of fused-ring (bicyclic) bond motifs is 1.